The van der Waals surface area contributed by atoms with Gasteiger partial charge in [0.05, 0.1) is 19.8 Å². The molecule has 0 aromatic heterocycles. The van der Waals surface area contributed by atoms with Crippen molar-refractivity contribution in [3.05, 3.63) is 47.8 Å². The van der Waals surface area contributed by atoms with Crippen molar-refractivity contribution < 1.29 is 18.6 Å². The molecule has 0 heterocycles. The zero-order valence-electron chi connectivity index (χ0n) is 11.6. The van der Waals surface area contributed by atoms with Gasteiger partial charge in [-0.2, -0.15) is 0 Å². The van der Waals surface area contributed by atoms with Gasteiger partial charge >= 0.3 is 0 Å². The predicted octanol–water partition coefficient (Wildman–Crippen LogP) is 3.27. The van der Waals surface area contributed by atoms with E-state index in [4.69, 9.17) is 32.2 Å². The van der Waals surface area contributed by atoms with E-state index in [9.17, 15) is 4.39 Å². The molecule has 4 nitrogen and oxygen atoms in total. The Bertz CT molecular complexity index is 654. The first-order valence-electron chi connectivity index (χ1n) is 6.03. The van der Waals surface area contributed by atoms with Crippen LogP contribution in [0.15, 0.2) is 36.4 Å². The normalized spacial score (nSPS) is 10.0. The third-order valence-electron chi connectivity index (χ3n) is 2.76. The minimum Gasteiger partial charge on any atom is -0.496 e. The summed E-state index contributed by atoms with van der Waals surface area (Å²) in [6, 6.07) is 9.04. The minimum absolute atomic E-state index is 0.0550. The molecular formula is C15H14FNO3S. The monoisotopic (exact) mass is 307 g/mol. The lowest BCUT2D eigenvalue weighted by Gasteiger charge is -2.12. The molecule has 0 aliphatic rings. The Morgan fingerprint density at radius 2 is 1.57 bits per heavy atom. The van der Waals surface area contributed by atoms with Gasteiger partial charge in [0, 0.05) is 18.2 Å². The summed E-state index contributed by atoms with van der Waals surface area (Å²) in [6.45, 7) is 0. The zero-order chi connectivity index (χ0) is 15.4. The van der Waals surface area contributed by atoms with Gasteiger partial charge in [-0.25, -0.2) is 4.39 Å². The van der Waals surface area contributed by atoms with Gasteiger partial charge in [0.25, 0.3) is 0 Å². The highest BCUT2D eigenvalue weighted by atomic mass is 32.1. The lowest BCUT2D eigenvalue weighted by atomic mass is 10.2. The fraction of sp³-hybridized carbons (Fsp3) is 0.133. The first-order chi connectivity index (χ1) is 10.0. The van der Waals surface area contributed by atoms with Crippen LogP contribution < -0.4 is 19.9 Å². The van der Waals surface area contributed by atoms with Crippen LogP contribution in [0, 0.1) is 5.82 Å². The number of rotatable bonds is 5. The van der Waals surface area contributed by atoms with Crippen molar-refractivity contribution >= 4 is 17.2 Å². The Labute approximate surface area is 127 Å². The summed E-state index contributed by atoms with van der Waals surface area (Å²) < 4.78 is 29.3. The van der Waals surface area contributed by atoms with Crippen LogP contribution in [0.2, 0.25) is 0 Å². The molecule has 0 aliphatic heterocycles. The van der Waals surface area contributed by atoms with Gasteiger partial charge in [-0.3, -0.25) is 0 Å². The average Bonchev–Trinajstić information content (AvgIpc) is 2.48. The van der Waals surface area contributed by atoms with Gasteiger partial charge in [0.15, 0.2) is 0 Å². The fourth-order valence-corrected chi connectivity index (χ4v) is 1.91. The maximum Gasteiger partial charge on any atom is 0.137 e. The topological polar surface area (TPSA) is 53.7 Å². The molecule has 0 atom stereocenters. The lowest BCUT2D eigenvalue weighted by molar-refractivity contribution is 0.386. The molecule has 0 saturated heterocycles. The summed E-state index contributed by atoms with van der Waals surface area (Å²) in [5, 5.41) is 0. The zero-order valence-corrected chi connectivity index (χ0v) is 12.4. The number of thiocarbonyl (C=S) groups is 1. The first kappa shape index (κ1) is 15.1. The van der Waals surface area contributed by atoms with E-state index in [0.717, 1.165) is 0 Å². The molecule has 21 heavy (non-hydrogen) atoms. The van der Waals surface area contributed by atoms with E-state index < -0.39 is 5.82 Å². The minimum atomic E-state index is -0.437. The second kappa shape index (κ2) is 6.41. The number of methoxy groups -OCH3 is 2. The smallest absolute Gasteiger partial charge is 0.137 e. The summed E-state index contributed by atoms with van der Waals surface area (Å²) in [5.74, 6) is 1.54. The Morgan fingerprint density at radius 3 is 2.10 bits per heavy atom. The van der Waals surface area contributed by atoms with Gasteiger partial charge in [-0.05, 0) is 18.2 Å². The molecule has 110 valence electrons. The van der Waals surface area contributed by atoms with E-state index in [1.807, 2.05) is 0 Å². The van der Waals surface area contributed by atoms with Gasteiger partial charge in [0.2, 0.25) is 0 Å². The summed E-state index contributed by atoms with van der Waals surface area (Å²) in [7, 11) is 3.08. The maximum absolute atomic E-state index is 13.3. The molecule has 0 aliphatic carbocycles. The quantitative estimate of drug-likeness (QED) is 0.859. The highest BCUT2D eigenvalue weighted by molar-refractivity contribution is 7.80. The summed E-state index contributed by atoms with van der Waals surface area (Å²) in [6.07, 6.45) is 0. The van der Waals surface area contributed by atoms with E-state index in [1.54, 1.807) is 18.2 Å². The van der Waals surface area contributed by atoms with Crippen molar-refractivity contribution in [3.8, 4) is 23.0 Å². The Morgan fingerprint density at radius 1 is 1.00 bits per heavy atom. The highest BCUT2D eigenvalue weighted by Crippen LogP contribution is 2.32. The first-order valence-corrected chi connectivity index (χ1v) is 6.44. The van der Waals surface area contributed by atoms with Crippen molar-refractivity contribution in [3.63, 3.8) is 0 Å². The number of benzene rings is 2. The maximum atomic E-state index is 13.3. The number of ether oxygens (including phenoxy) is 3. The second-order valence-corrected chi connectivity index (χ2v) is 4.59. The van der Waals surface area contributed by atoms with E-state index in [-0.39, 0.29) is 4.99 Å². The molecule has 0 spiro atoms. The van der Waals surface area contributed by atoms with Crippen LogP contribution in [-0.4, -0.2) is 19.2 Å². The Balaban J connectivity index is 2.40. The van der Waals surface area contributed by atoms with E-state index in [2.05, 4.69) is 0 Å². The molecule has 0 radical (unpaired) electrons. The van der Waals surface area contributed by atoms with Crippen LogP contribution in [0.5, 0.6) is 23.0 Å². The summed E-state index contributed by atoms with van der Waals surface area (Å²) in [5.41, 5.74) is 5.91. The van der Waals surface area contributed by atoms with Crippen LogP contribution in [0.3, 0.4) is 0 Å². The number of halogens is 1. The molecule has 2 aromatic carbocycles. The van der Waals surface area contributed by atoms with Gasteiger partial charge in [-0.1, -0.05) is 12.2 Å². The Hall–Kier alpha value is -2.34. The van der Waals surface area contributed by atoms with E-state index in [1.165, 1.54) is 32.4 Å². The van der Waals surface area contributed by atoms with Crippen molar-refractivity contribution in [1.82, 2.24) is 0 Å². The molecule has 0 saturated carbocycles. The van der Waals surface area contributed by atoms with Gasteiger partial charge in [-0.15, -0.1) is 0 Å². The summed E-state index contributed by atoms with van der Waals surface area (Å²) >= 11 is 4.90. The molecule has 0 unspecified atom stereocenters. The molecule has 2 aromatic rings. The molecule has 0 bridgehead atoms. The van der Waals surface area contributed by atoms with Crippen LogP contribution in [-0.2, 0) is 0 Å². The van der Waals surface area contributed by atoms with Crippen molar-refractivity contribution in [2.45, 2.75) is 0 Å². The third kappa shape index (κ3) is 3.61. The largest absolute Gasteiger partial charge is 0.496 e. The van der Waals surface area contributed by atoms with Gasteiger partial charge < -0.3 is 19.9 Å². The SMILES string of the molecule is COc1cc(OC)cc(Oc2ccc(F)cc2C(N)=S)c1. The molecular weight excluding hydrogens is 293 g/mol. The van der Waals surface area contributed by atoms with Crippen LogP contribution in [0.1, 0.15) is 5.56 Å². The number of nitrogens with two attached hydrogens (primary N) is 1. The standard InChI is InChI=1S/C15H14FNO3S/c1-18-10-6-11(19-2)8-12(7-10)20-14-4-3-9(16)5-13(14)15(17)21/h3-8H,1-2H3,(H2,17,21). The van der Waals surface area contributed by atoms with Crippen LogP contribution >= 0.6 is 12.2 Å². The number of hydrogen-bond donors (Lipinski definition) is 1. The van der Waals surface area contributed by atoms with Crippen LogP contribution in [0.25, 0.3) is 0 Å². The fourth-order valence-electron chi connectivity index (χ4n) is 1.75. The van der Waals surface area contributed by atoms with Crippen molar-refractivity contribution in [1.29, 1.82) is 0 Å². The summed E-state index contributed by atoms with van der Waals surface area (Å²) in [4.78, 5) is 0.0550. The second-order valence-electron chi connectivity index (χ2n) is 4.16. The average molecular weight is 307 g/mol. The van der Waals surface area contributed by atoms with Crippen molar-refractivity contribution in [2.24, 2.45) is 5.73 Å². The van der Waals surface area contributed by atoms with Gasteiger partial charge in [0.1, 0.15) is 33.8 Å². The van der Waals surface area contributed by atoms with E-state index >= 15 is 0 Å². The molecule has 2 rings (SSSR count). The molecule has 0 amide bonds. The third-order valence-corrected chi connectivity index (χ3v) is 2.98. The molecule has 2 N–H and O–H groups in total. The highest BCUT2D eigenvalue weighted by Gasteiger charge is 2.11. The van der Waals surface area contributed by atoms with E-state index in [0.29, 0.717) is 28.6 Å². The molecule has 6 heteroatoms. The Kier molecular flexibility index (Phi) is 4.59. The number of hydrogen-bond acceptors (Lipinski definition) is 4. The van der Waals surface area contributed by atoms with Crippen LogP contribution in [0.4, 0.5) is 4.39 Å². The molecule has 0 fully saturated rings. The lowest BCUT2D eigenvalue weighted by Crippen LogP contribution is -2.11. The predicted molar refractivity (Wildman–Crippen MR) is 81.9 cm³/mol. The van der Waals surface area contributed by atoms with Crippen molar-refractivity contribution in [2.75, 3.05) is 14.2 Å².